The number of benzene rings is 1. The Bertz CT molecular complexity index is 333. The molecule has 2 heteroatoms. The van der Waals surface area contributed by atoms with Crippen LogP contribution in [0.15, 0.2) is 18.2 Å². The van der Waals surface area contributed by atoms with Crippen molar-refractivity contribution in [2.24, 2.45) is 0 Å². The molecule has 0 fully saturated rings. The third kappa shape index (κ3) is 2.58. The number of hydrogen-bond acceptors (Lipinski definition) is 2. The molecule has 1 N–H and O–H groups in total. The summed E-state index contributed by atoms with van der Waals surface area (Å²) in [6, 6.07) is 6.53. The first-order valence-electron chi connectivity index (χ1n) is 5.69. The average Bonchev–Trinajstić information content (AvgIpc) is 2.26. The van der Waals surface area contributed by atoms with Crippen LogP contribution in [-0.4, -0.2) is 12.6 Å². The quantitative estimate of drug-likeness (QED) is 0.817. The van der Waals surface area contributed by atoms with Crippen LogP contribution >= 0.6 is 0 Å². The summed E-state index contributed by atoms with van der Waals surface area (Å²) in [7, 11) is 0. The van der Waals surface area contributed by atoms with Crippen molar-refractivity contribution >= 4 is 0 Å². The van der Waals surface area contributed by atoms with Crippen molar-refractivity contribution in [3.05, 3.63) is 34.9 Å². The molecule has 1 aromatic carbocycles. The van der Waals surface area contributed by atoms with Crippen LogP contribution in [0.2, 0.25) is 0 Å². The largest absolute Gasteiger partial charge is 0.374 e. The molecular weight excluding hydrogens is 186 g/mol. The predicted octanol–water partition coefficient (Wildman–Crippen LogP) is 2.26. The molecular formula is C13H19NO. The molecule has 15 heavy (non-hydrogen) atoms. The third-order valence-electron chi connectivity index (χ3n) is 2.81. The molecule has 1 heterocycles. The summed E-state index contributed by atoms with van der Waals surface area (Å²) in [4.78, 5) is 0. The maximum absolute atomic E-state index is 5.67. The van der Waals surface area contributed by atoms with E-state index >= 15 is 0 Å². The maximum atomic E-state index is 5.67. The predicted molar refractivity (Wildman–Crippen MR) is 61.8 cm³/mol. The molecule has 0 bridgehead atoms. The zero-order chi connectivity index (χ0) is 10.7. The van der Waals surface area contributed by atoms with E-state index in [1.165, 1.54) is 16.7 Å². The van der Waals surface area contributed by atoms with Crippen LogP contribution in [-0.2, 0) is 24.3 Å². The first-order chi connectivity index (χ1) is 7.27. The molecule has 1 aliphatic rings. The first-order valence-corrected chi connectivity index (χ1v) is 5.69. The molecule has 1 aliphatic heterocycles. The highest BCUT2D eigenvalue weighted by Gasteiger charge is 2.12. The molecule has 0 atom stereocenters. The average molecular weight is 205 g/mol. The van der Waals surface area contributed by atoms with Crippen molar-refractivity contribution in [1.82, 2.24) is 5.32 Å². The molecule has 0 unspecified atom stereocenters. The van der Waals surface area contributed by atoms with Crippen molar-refractivity contribution in [2.75, 3.05) is 6.54 Å². The summed E-state index contributed by atoms with van der Waals surface area (Å²) in [5.74, 6) is 0. The van der Waals surface area contributed by atoms with Crippen LogP contribution < -0.4 is 5.32 Å². The van der Waals surface area contributed by atoms with Gasteiger partial charge < -0.3 is 10.1 Å². The Morgan fingerprint density at radius 1 is 1.40 bits per heavy atom. The SMILES string of the molecule is CC(C)OCc1cccc2c1CCNC2. The van der Waals surface area contributed by atoms with E-state index in [1.54, 1.807) is 0 Å². The summed E-state index contributed by atoms with van der Waals surface area (Å²) in [6.07, 6.45) is 1.44. The van der Waals surface area contributed by atoms with E-state index in [9.17, 15) is 0 Å². The number of nitrogens with one attached hydrogen (secondary N) is 1. The van der Waals surface area contributed by atoms with Crippen molar-refractivity contribution in [1.29, 1.82) is 0 Å². The van der Waals surface area contributed by atoms with Gasteiger partial charge in [-0.25, -0.2) is 0 Å². The molecule has 0 amide bonds. The van der Waals surface area contributed by atoms with Gasteiger partial charge in [-0.1, -0.05) is 18.2 Å². The van der Waals surface area contributed by atoms with Crippen LogP contribution in [0.3, 0.4) is 0 Å². The molecule has 2 rings (SSSR count). The van der Waals surface area contributed by atoms with E-state index < -0.39 is 0 Å². The smallest absolute Gasteiger partial charge is 0.0723 e. The first kappa shape index (κ1) is 10.7. The van der Waals surface area contributed by atoms with E-state index in [4.69, 9.17) is 4.74 Å². The zero-order valence-corrected chi connectivity index (χ0v) is 9.55. The van der Waals surface area contributed by atoms with E-state index in [1.807, 2.05) is 0 Å². The number of hydrogen-bond donors (Lipinski definition) is 1. The monoisotopic (exact) mass is 205 g/mol. The van der Waals surface area contributed by atoms with Crippen molar-refractivity contribution in [2.45, 2.75) is 39.5 Å². The Kier molecular flexibility index (Phi) is 3.39. The highest BCUT2D eigenvalue weighted by molar-refractivity contribution is 5.36. The molecule has 82 valence electrons. The van der Waals surface area contributed by atoms with Gasteiger partial charge in [-0.2, -0.15) is 0 Å². The molecule has 0 aliphatic carbocycles. The second kappa shape index (κ2) is 4.77. The van der Waals surface area contributed by atoms with Gasteiger partial charge in [-0.15, -0.1) is 0 Å². The summed E-state index contributed by atoms with van der Waals surface area (Å²) < 4.78 is 5.67. The second-order valence-corrected chi connectivity index (χ2v) is 4.34. The Morgan fingerprint density at radius 2 is 2.27 bits per heavy atom. The van der Waals surface area contributed by atoms with Gasteiger partial charge in [0.1, 0.15) is 0 Å². The standard InChI is InChI=1S/C13H19NO/c1-10(2)15-9-12-5-3-4-11-8-14-7-6-13(11)12/h3-5,10,14H,6-9H2,1-2H3. The van der Waals surface area contributed by atoms with E-state index in [-0.39, 0.29) is 0 Å². The summed E-state index contributed by atoms with van der Waals surface area (Å²) in [5, 5.41) is 3.39. The molecule has 1 aromatic rings. The maximum Gasteiger partial charge on any atom is 0.0723 e. The van der Waals surface area contributed by atoms with Gasteiger partial charge in [0.2, 0.25) is 0 Å². The topological polar surface area (TPSA) is 21.3 Å². The summed E-state index contributed by atoms with van der Waals surface area (Å²) in [6.45, 7) is 7.01. The highest BCUT2D eigenvalue weighted by Crippen LogP contribution is 2.19. The van der Waals surface area contributed by atoms with E-state index in [0.29, 0.717) is 6.10 Å². The lowest BCUT2D eigenvalue weighted by molar-refractivity contribution is 0.0652. The van der Waals surface area contributed by atoms with Crippen molar-refractivity contribution in [3.8, 4) is 0 Å². The minimum Gasteiger partial charge on any atom is -0.374 e. The number of rotatable bonds is 3. The van der Waals surface area contributed by atoms with Crippen molar-refractivity contribution < 1.29 is 4.74 Å². The lowest BCUT2D eigenvalue weighted by Gasteiger charge is -2.20. The van der Waals surface area contributed by atoms with Gasteiger partial charge in [0.25, 0.3) is 0 Å². The third-order valence-corrected chi connectivity index (χ3v) is 2.81. The van der Waals surface area contributed by atoms with Gasteiger partial charge in [0.05, 0.1) is 12.7 Å². The van der Waals surface area contributed by atoms with Crippen LogP contribution in [0.4, 0.5) is 0 Å². The molecule has 0 saturated carbocycles. The van der Waals surface area contributed by atoms with Crippen LogP contribution in [0.5, 0.6) is 0 Å². The van der Waals surface area contributed by atoms with Gasteiger partial charge in [0, 0.05) is 6.54 Å². The summed E-state index contributed by atoms with van der Waals surface area (Å²) in [5.41, 5.74) is 4.30. The number of fused-ring (bicyclic) bond motifs is 1. The lowest BCUT2D eigenvalue weighted by atomic mass is 9.96. The van der Waals surface area contributed by atoms with E-state index in [2.05, 4.69) is 37.4 Å². The van der Waals surface area contributed by atoms with Gasteiger partial charge in [0.15, 0.2) is 0 Å². The molecule has 2 nitrogen and oxygen atoms in total. The van der Waals surface area contributed by atoms with Gasteiger partial charge >= 0.3 is 0 Å². The Labute approximate surface area is 91.6 Å². The van der Waals surface area contributed by atoms with E-state index in [0.717, 1.165) is 26.1 Å². The Balaban J connectivity index is 2.16. The van der Waals surface area contributed by atoms with Gasteiger partial charge in [-0.05, 0) is 43.5 Å². The fourth-order valence-electron chi connectivity index (χ4n) is 2.00. The lowest BCUT2D eigenvalue weighted by Crippen LogP contribution is -2.24. The minimum absolute atomic E-state index is 0.308. The van der Waals surface area contributed by atoms with Crippen LogP contribution in [0.1, 0.15) is 30.5 Å². The van der Waals surface area contributed by atoms with Gasteiger partial charge in [-0.3, -0.25) is 0 Å². The minimum atomic E-state index is 0.308. The van der Waals surface area contributed by atoms with Crippen molar-refractivity contribution in [3.63, 3.8) is 0 Å². The highest BCUT2D eigenvalue weighted by atomic mass is 16.5. The molecule has 0 saturated heterocycles. The Hall–Kier alpha value is -0.860. The van der Waals surface area contributed by atoms with Crippen LogP contribution in [0, 0.1) is 0 Å². The number of ether oxygens (including phenoxy) is 1. The molecule has 0 spiro atoms. The second-order valence-electron chi connectivity index (χ2n) is 4.34. The van der Waals surface area contributed by atoms with Crippen LogP contribution in [0.25, 0.3) is 0 Å². The molecule has 0 aromatic heterocycles. The normalized spacial score (nSPS) is 15.4. The summed E-state index contributed by atoms with van der Waals surface area (Å²) >= 11 is 0. The molecule has 0 radical (unpaired) electrons. The Morgan fingerprint density at radius 3 is 3.07 bits per heavy atom. The fraction of sp³-hybridized carbons (Fsp3) is 0.538. The fourth-order valence-corrected chi connectivity index (χ4v) is 2.00. The zero-order valence-electron chi connectivity index (χ0n) is 9.55.